The van der Waals surface area contributed by atoms with Crippen LogP contribution in [0.1, 0.15) is 39.3 Å². The minimum absolute atomic E-state index is 0.142. The van der Waals surface area contributed by atoms with Crippen molar-refractivity contribution >= 4 is 39.3 Å². The molecule has 2 aromatic heterocycles. The van der Waals surface area contributed by atoms with E-state index in [1.54, 1.807) is 18.2 Å². The highest BCUT2D eigenvalue weighted by atomic mass is 79.9. The first-order valence-electron chi connectivity index (χ1n) is 8.88. The number of nitrogens with one attached hydrogen (secondary N) is 1. The molecule has 0 fully saturated rings. The van der Waals surface area contributed by atoms with Crippen molar-refractivity contribution in [2.45, 2.75) is 19.4 Å². The van der Waals surface area contributed by atoms with Crippen molar-refractivity contribution in [2.24, 2.45) is 0 Å². The number of aromatic nitrogens is 2. The largest absolute Gasteiger partial charge is 0.350 e. The van der Waals surface area contributed by atoms with Crippen molar-refractivity contribution in [3.8, 4) is 0 Å². The Labute approximate surface area is 169 Å². The van der Waals surface area contributed by atoms with Crippen LogP contribution >= 0.6 is 15.9 Å². The number of rotatable bonds is 6. The van der Waals surface area contributed by atoms with E-state index < -0.39 is 0 Å². The van der Waals surface area contributed by atoms with Gasteiger partial charge in [-0.15, -0.1) is 0 Å². The van der Waals surface area contributed by atoms with Crippen LogP contribution in [0.25, 0.3) is 5.65 Å². The molecular formula is C20H17BrN4O3. The lowest BCUT2D eigenvalue weighted by atomic mass is 10.1. The average Bonchev–Trinajstić information content (AvgIpc) is 3.20. The topological polar surface area (TPSA) is 83.8 Å². The maximum Gasteiger partial charge on any atom is 0.261 e. The number of nitrogens with zero attached hydrogens (tertiary/aromatic N) is 3. The Kier molecular flexibility index (Phi) is 4.95. The van der Waals surface area contributed by atoms with Gasteiger partial charge in [-0.2, -0.15) is 0 Å². The summed E-state index contributed by atoms with van der Waals surface area (Å²) in [4.78, 5) is 42.5. The summed E-state index contributed by atoms with van der Waals surface area (Å²) in [6.45, 7) is 0.549. The fraction of sp³-hybridized carbons (Fsp3) is 0.200. The molecule has 3 aromatic rings. The lowest BCUT2D eigenvalue weighted by molar-refractivity contribution is -0.121. The monoisotopic (exact) mass is 440 g/mol. The van der Waals surface area contributed by atoms with Gasteiger partial charge in [0.15, 0.2) is 0 Å². The highest BCUT2D eigenvalue weighted by Crippen LogP contribution is 2.26. The van der Waals surface area contributed by atoms with E-state index in [0.29, 0.717) is 24.1 Å². The first-order chi connectivity index (χ1) is 13.5. The quantitative estimate of drug-likeness (QED) is 0.597. The number of carbonyl (C=O) groups is 3. The first-order valence-corrected chi connectivity index (χ1v) is 9.67. The maximum absolute atomic E-state index is 12.4. The first kappa shape index (κ1) is 18.4. The summed E-state index contributed by atoms with van der Waals surface area (Å²) in [5, 5.41) is 2.82. The van der Waals surface area contributed by atoms with E-state index in [1.165, 1.54) is 4.90 Å². The molecule has 0 aliphatic carbocycles. The Morgan fingerprint density at radius 1 is 1.11 bits per heavy atom. The molecule has 28 heavy (non-hydrogen) atoms. The zero-order valence-electron chi connectivity index (χ0n) is 14.9. The predicted octanol–water partition coefficient (Wildman–Crippen LogP) is 2.79. The molecule has 1 N–H and O–H groups in total. The second-order valence-electron chi connectivity index (χ2n) is 6.53. The molecule has 1 aromatic carbocycles. The Morgan fingerprint density at radius 2 is 1.93 bits per heavy atom. The molecule has 1 aliphatic rings. The molecule has 3 heterocycles. The molecular weight excluding hydrogens is 424 g/mol. The number of hydrogen-bond acceptors (Lipinski definition) is 4. The van der Waals surface area contributed by atoms with Gasteiger partial charge in [0.2, 0.25) is 5.91 Å². The summed E-state index contributed by atoms with van der Waals surface area (Å²) in [5.41, 5.74) is 2.40. The number of imide groups is 1. The molecule has 0 atom stereocenters. The van der Waals surface area contributed by atoms with Crippen LogP contribution in [-0.4, -0.2) is 38.6 Å². The van der Waals surface area contributed by atoms with E-state index in [2.05, 4.69) is 26.2 Å². The summed E-state index contributed by atoms with van der Waals surface area (Å²) in [5.74, 6) is -0.763. The summed E-state index contributed by atoms with van der Waals surface area (Å²) in [6, 6.07) is 10.7. The highest BCUT2D eigenvalue weighted by molar-refractivity contribution is 9.10. The number of benzene rings is 1. The molecule has 8 heteroatoms. The zero-order valence-corrected chi connectivity index (χ0v) is 16.5. The number of amides is 3. The molecule has 1 aliphatic heterocycles. The van der Waals surface area contributed by atoms with Gasteiger partial charge in [0.1, 0.15) is 5.65 Å². The normalized spacial score (nSPS) is 13.2. The van der Waals surface area contributed by atoms with Crippen molar-refractivity contribution in [1.82, 2.24) is 19.6 Å². The van der Waals surface area contributed by atoms with Crippen molar-refractivity contribution in [3.63, 3.8) is 0 Å². The molecule has 0 radical (unpaired) electrons. The van der Waals surface area contributed by atoms with Crippen LogP contribution in [0.3, 0.4) is 0 Å². The lowest BCUT2D eigenvalue weighted by Crippen LogP contribution is -2.32. The fourth-order valence-electron chi connectivity index (χ4n) is 3.21. The van der Waals surface area contributed by atoms with E-state index in [-0.39, 0.29) is 30.7 Å². The summed E-state index contributed by atoms with van der Waals surface area (Å²) in [7, 11) is 0. The van der Waals surface area contributed by atoms with E-state index in [9.17, 15) is 14.4 Å². The number of halogens is 1. The van der Waals surface area contributed by atoms with Crippen molar-refractivity contribution < 1.29 is 14.4 Å². The molecule has 3 amide bonds. The molecule has 4 rings (SSSR count). The van der Waals surface area contributed by atoms with Crippen LogP contribution in [0.5, 0.6) is 0 Å². The van der Waals surface area contributed by atoms with E-state index in [0.717, 1.165) is 15.8 Å². The third-order valence-corrected chi connectivity index (χ3v) is 5.09. The third kappa shape index (κ3) is 3.55. The van der Waals surface area contributed by atoms with Gasteiger partial charge < -0.3 is 9.72 Å². The third-order valence-electron chi connectivity index (χ3n) is 4.60. The maximum atomic E-state index is 12.4. The van der Waals surface area contributed by atoms with E-state index in [4.69, 9.17) is 0 Å². The summed E-state index contributed by atoms with van der Waals surface area (Å²) >= 11 is 3.31. The standard InChI is InChI=1S/C20H17BrN4O3/c21-13-6-7-15-16(10-13)20(28)25(19(15)27)9-3-5-18(26)22-11-14-12-24-8-2-1-4-17(24)23-14/h1-2,4,6-8,10,12H,3,5,9,11H2,(H,22,26). The highest BCUT2D eigenvalue weighted by Gasteiger charge is 2.35. The van der Waals surface area contributed by atoms with Gasteiger partial charge in [-0.25, -0.2) is 4.98 Å². The number of pyridine rings is 1. The van der Waals surface area contributed by atoms with Crippen LogP contribution in [-0.2, 0) is 11.3 Å². The van der Waals surface area contributed by atoms with Gasteiger partial charge in [-0.3, -0.25) is 19.3 Å². The Bertz CT molecular complexity index is 1060. The van der Waals surface area contributed by atoms with Crippen molar-refractivity contribution in [1.29, 1.82) is 0 Å². The molecule has 142 valence electrons. The fourth-order valence-corrected chi connectivity index (χ4v) is 3.57. The SMILES string of the molecule is O=C(CCCN1C(=O)c2ccc(Br)cc2C1=O)NCc1cn2ccccc2n1. The van der Waals surface area contributed by atoms with Crippen LogP contribution in [0.15, 0.2) is 53.3 Å². The summed E-state index contributed by atoms with van der Waals surface area (Å²) in [6.07, 6.45) is 4.40. The van der Waals surface area contributed by atoms with E-state index >= 15 is 0 Å². The van der Waals surface area contributed by atoms with Gasteiger partial charge in [-0.05, 0) is 36.8 Å². The zero-order chi connectivity index (χ0) is 19.7. The van der Waals surface area contributed by atoms with Crippen molar-refractivity contribution in [3.05, 3.63) is 70.1 Å². The smallest absolute Gasteiger partial charge is 0.261 e. The number of hydrogen-bond donors (Lipinski definition) is 1. The van der Waals surface area contributed by atoms with Crippen LogP contribution in [0.4, 0.5) is 0 Å². The van der Waals surface area contributed by atoms with Gasteiger partial charge >= 0.3 is 0 Å². The molecule has 0 bridgehead atoms. The summed E-state index contributed by atoms with van der Waals surface area (Å²) < 4.78 is 2.64. The Balaban J connectivity index is 1.27. The lowest BCUT2D eigenvalue weighted by Gasteiger charge is -2.13. The van der Waals surface area contributed by atoms with Gasteiger partial charge in [0, 0.05) is 29.8 Å². The molecule has 0 saturated carbocycles. The molecule has 0 spiro atoms. The van der Waals surface area contributed by atoms with Gasteiger partial charge in [0.25, 0.3) is 11.8 Å². The molecule has 7 nitrogen and oxygen atoms in total. The minimum atomic E-state index is -0.314. The van der Waals surface area contributed by atoms with Crippen molar-refractivity contribution in [2.75, 3.05) is 6.54 Å². The van der Waals surface area contributed by atoms with Gasteiger partial charge in [0.05, 0.1) is 23.4 Å². The number of carbonyl (C=O) groups excluding carboxylic acids is 3. The second-order valence-corrected chi connectivity index (χ2v) is 7.45. The van der Waals surface area contributed by atoms with Crippen LogP contribution < -0.4 is 5.32 Å². The van der Waals surface area contributed by atoms with Crippen LogP contribution in [0, 0.1) is 0 Å². The Hall–Kier alpha value is -3.00. The minimum Gasteiger partial charge on any atom is -0.350 e. The Morgan fingerprint density at radius 3 is 2.75 bits per heavy atom. The van der Waals surface area contributed by atoms with Gasteiger partial charge in [-0.1, -0.05) is 22.0 Å². The van der Waals surface area contributed by atoms with Crippen LogP contribution in [0.2, 0.25) is 0 Å². The number of imidazole rings is 1. The number of fused-ring (bicyclic) bond motifs is 2. The average molecular weight is 441 g/mol. The molecule has 0 unspecified atom stereocenters. The second kappa shape index (κ2) is 7.55. The molecule has 0 saturated heterocycles. The van der Waals surface area contributed by atoms with E-state index in [1.807, 2.05) is 35.0 Å². The predicted molar refractivity (Wildman–Crippen MR) is 106 cm³/mol.